The maximum Gasteiger partial charge on any atom is 0.260 e. The summed E-state index contributed by atoms with van der Waals surface area (Å²) in [7, 11) is 0. The van der Waals surface area contributed by atoms with E-state index in [9.17, 15) is 24.6 Å². The molecule has 54 heavy (non-hydrogen) atoms. The number of benzene rings is 4. The third kappa shape index (κ3) is 8.42. The van der Waals surface area contributed by atoms with E-state index < -0.39 is 5.41 Å². The quantitative estimate of drug-likeness (QED) is 0.119. The predicted octanol–water partition coefficient (Wildman–Crippen LogP) is 5.64. The normalized spacial score (nSPS) is 19.9. The second-order valence-corrected chi connectivity index (χ2v) is 14.5. The number of piperidine rings is 1. The number of carbonyl (C=O) groups excluding carboxylic acids is 3. The number of fused-ring (bicyclic) bond motifs is 1. The van der Waals surface area contributed by atoms with E-state index in [4.69, 9.17) is 14.5 Å². The van der Waals surface area contributed by atoms with E-state index in [-0.39, 0.29) is 41.7 Å². The lowest BCUT2D eigenvalue weighted by Crippen LogP contribution is -2.50. The molecule has 0 aliphatic carbocycles. The Balaban J connectivity index is 0.811. The number of phenolic OH excluding ortho intramolecular Hbond substituents is 2. The number of hydrogen-bond donors (Lipinski definition) is 3. The number of rotatable bonds is 13. The molecule has 280 valence electrons. The lowest BCUT2D eigenvalue weighted by atomic mass is 9.73. The smallest absolute Gasteiger partial charge is 0.260 e. The van der Waals surface area contributed by atoms with Gasteiger partial charge in [0.25, 0.3) is 5.91 Å². The summed E-state index contributed by atoms with van der Waals surface area (Å²) in [6.07, 6.45) is 3.41. The van der Waals surface area contributed by atoms with Crippen LogP contribution in [0.1, 0.15) is 60.8 Å². The molecular formula is C43H46N4O7. The molecule has 3 amide bonds. The van der Waals surface area contributed by atoms with Crippen LogP contribution in [0.25, 0.3) is 0 Å². The van der Waals surface area contributed by atoms with E-state index in [0.717, 1.165) is 71.9 Å². The van der Waals surface area contributed by atoms with Crippen molar-refractivity contribution >= 4 is 29.1 Å². The molecule has 3 heterocycles. The Labute approximate surface area is 315 Å². The molecule has 2 fully saturated rings. The lowest BCUT2D eigenvalue weighted by Gasteiger charge is -2.34. The number of ether oxygens (including phenoxy) is 2. The second-order valence-electron chi connectivity index (χ2n) is 14.5. The summed E-state index contributed by atoms with van der Waals surface area (Å²) in [5.41, 5.74) is 5.12. The molecule has 3 N–H and O–H groups in total. The Kier molecular flexibility index (Phi) is 11.0. The summed E-state index contributed by atoms with van der Waals surface area (Å²) in [6.45, 7) is 6.63. The summed E-state index contributed by atoms with van der Waals surface area (Å²) < 4.78 is 11.8. The molecule has 7 rings (SSSR count). The van der Waals surface area contributed by atoms with Gasteiger partial charge in [0.1, 0.15) is 23.0 Å². The molecule has 3 aliphatic heterocycles. The average molecular weight is 731 g/mol. The van der Waals surface area contributed by atoms with Crippen LogP contribution in [0.2, 0.25) is 0 Å². The fourth-order valence-corrected chi connectivity index (χ4v) is 7.62. The highest BCUT2D eigenvalue weighted by Gasteiger charge is 2.40. The molecule has 0 aromatic heterocycles. The van der Waals surface area contributed by atoms with E-state index in [2.05, 4.69) is 29.3 Å². The zero-order valence-corrected chi connectivity index (χ0v) is 30.5. The highest BCUT2D eigenvalue weighted by molar-refractivity contribution is 6.12. The van der Waals surface area contributed by atoms with Crippen molar-refractivity contribution in [2.75, 3.05) is 45.9 Å². The van der Waals surface area contributed by atoms with E-state index in [1.54, 1.807) is 36.4 Å². The van der Waals surface area contributed by atoms with E-state index in [0.29, 0.717) is 44.7 Å². The SMILES string of the molecule is CC1(Cc2ccc(OCCCCN3CCN(C(=O)COc4ccc(C5CCC(=O)NC5=O)cc4)CC3)cc2)C(c2ccc(O)cc2)=Nc2ccc(O)cc21. The number of hydrogen-bond acceptors (Lipinski definition) is 9. The van der Waals surface area contributed by atoms with Gasteiger partial charge < -0.3 is 24.6 Å². The maximum absolute atomic E-state index is 12.8. The van der Waals surface area contributed by atoms with Gasteiger partial charge in [0.05, 0.1) is 23.9 Å². The number of carbonyl (C=O) groups is 3. The fraction of sp³-hybridized carbons (Fsp3) is 0.349. The van der Waals surface area contributed by atoms with Crippen LogP contribution in [0.3, 0.4) is 0 Å². The minimum absolute atomic E-state index is 0.0387. The summed E-state index contributed by atoms with van der Waals surface area (Å²) in [5, 5.41) is 22.5. The highest BCUT2D eigenvalue weighted by Crippen LogP contribution is 2.46. The maximum atomic E-state index is 12.8. The number of nitrogens with one attached hydrogen (secondary N) is 1. The Morgan fingerprint density at radius 2 is 1.54 bits per heavy atom. The zero-order chi connectivity index (χ0) is 37.7. The van der Waals surface area contributed by atoms with Crippen molar-refractivity contribution in [3.63, 3.8) is 0 Å². The number of aromatic hydroxyl groups is 2. The first-order valence-corrected chi connectivity index (χ1v) is 18.6. The highest BCUT2D eigenvalue weighted by atomic mass is 16.5. The lowest BCUT2D eigenvalue weighted by molar-refractivity contribution is -0.135. The largest absolute Gasteiger partial charge is 0.508 e. The van der Waals surface area contributed by atoms with Gasteiger partial charge in [-0.25, -0.2) is 0 Å². The van der Waals surface area contributed by atoms with Gasteiger partial charge in [0.15, 0.2) is 6.61 Å². The van der Waals surface area contributed by atoms with Crippen molar-refractivity contribution in [3.8, 4) is 23.0 Å². The van der Waals surface area contributed by atoms with Crippen LogP contribution in [-0.2, 0) is 26.2 Å². The number of piperazine rings is 1. The molecule has 11 nitrogen and oxygen atoms in total. The molecular weight excluding hydrogens is 684 g/mol. The number of phenols is 2. The number of imide groups is 1. The molecule has 3 aliphatic rings. The van der Waals surface area contributed by atoms with Gasteiger partial charge in [-0.1, -0.05) is 24.3 Å². The van der Waals surface area contributed by atoms with Crippen LogP contribution in [-0.4, -0.2) is 89.4 Å². The van der Waals surface area contributed by atoms with Gasteiger partial charge in [0, 0.05) is 38.0 Å². The molecule has 11 heteroatoms. The first-order chi connectivity index (χ1) is 26.1. The molecule has 2 unspecified atom stereocenters. The van der Waals surface area contributed by atoms with Crippen LogP contribution in [0.15, 0.2) is 96.0 Å². The van der Waals surface area contributed by atoms with Gasteiger partial charge in [-0.05, 0) is 128 Å². The third-order valence-corrected chi connectivity index (χ3v) is 10.7. The fourth-order valence-electron chi connectivity index (χ4n) is 7.62. The van der Waals surface area contributed by atoms with Gasteiger partial charge in [0.2, 0.25) is 11.8 Å². The van der Waals surface area contributed by atoms with Crippen LogP contribution < -0.4 is 14.8 Å². The van der Waals surface area contributed by atoms with Gasteiger partial charge >= 0.3 is 0 Å². The minimum Gasteiger partial charge on any atom is -0.508 e. The van der Waals surface area contributed by atoms with Gasteiger partial charge in [-0.15, -0.1) is 0 Å². The molecule has 4 aromatic carbocycles. The third-order valence-electron chi connectivity index (χ3n) is 10.7. The number of unbranched alkanes of at least 4 members (excludes halogenated alkanes) is 1. The molecule has 0 saturated carbocycles. The zero-order valence-electron chi connectivity index (χ0n) is 30.5. The van der Waals surface area contributed by atoms with Crippen LogP contribution >= 0.6 is 0 Å². The van der Waals surface area contributed by atoms with Crippen molar-refractivity contribution in [2.24, 2.45) is 4.99 Å². The number of aliphatic imine (C=N–C) groups is 1. The molecule has 2 atom stereocenters. The van der Waals surface area contributed by atoms with E-state index >= 15 is 0 Å². The van der Waals surface area contributed by atoms with Crippen molar-refractivity contribution in [3.05, 3.63) is 113 Å². The second kappa shape index (κ2) is 16.1. The van der Waals surface area contributed by atoms with Crippen LogP contribution in [0.4, 0.5) is 5.69 Å². The summed E-state index contributed by atoms with van der Waals surface area (Å²) in [4.78, 5) is 45.6. The monoisotopic (exact) mass is 730 g/mol. The van der Waals surface area contributed by atoms with Crippen LogP contribution in [0.5, 0.6) is 23.0 Å². The van der Waals surface area contributed by atoms with Gasteiger partial charge in [-0.2, -0.15) is 0 Å². The summed E-state index contributed by atoms with van der Waals surface area (Å²) in [6, 6.07) is 27.8. The average Bonchev–Trinajstić information content (AvgIpc) is 3.45. The van der Waals surface area contributed by atoms with Crippen molar-refractivity contribution in [1.82, 2.24) is 15.1 Å². The van der Waals surface area contributed by atoms with Crippen LogP contribution in [0, 0.1) is 0 Å². The standard InChI is InChI=1S/C43H46N4O7/c1-43(37-26-33(49)12-18-38(37)44-41(43)31-6-10-32(48)11-7-31)27-29-4-13-34(14-5-29)53-25-3-2-20-46-21-23-47(24-22-46)40(51)28-54-35-15-8-30(9-16-35)36-17-19-39(50)45-42(36)52/h4-16,18,26,36,48-49H,2-3,17,19-25,27-28H2,1H3,(H,45,50,52). The topological polar surface area (TPSA) is 141 Å². The van der Waals surface area contributed by atoms with E-state index in [1.165, 1.54) is 0 Å². The van der Waals surface area contributed by atoms with Crippen molar-refractivity contribution in [1.29, 1.82) is 0 Å². The molecule has 0 spiro atoms. The summed E-state index contributed by atoms with van der Waals surface area (Å²) >= 11 is 0. The van der Waals surface area contributed by atoms with Gasteiger partial charge in [-0.3, -0.25) is 29.6 Å². The minimum atomic E-state index is -0.477. The Hall–Kier alpha value is -5.68. The molecule has 2 saturated heterocycles. The van der Waals surface area contributed by atoms with Crippen molar-refractivity contribution in [2.45, 2.75) is 50.4 Å². The first-order valence-electron chi connectivity index (χ1n) is 18.6. The number of amides is 3. The molecule has 4 aromatic rings. The van der Waals surface area contributed by atoms with E-state index in [1.807, 2.05) is 47.4 Å². The Morgan fingerprint density at radius 3 is 2.26 bits per heavy atom. The number of nitrogens with zero attached hydrogens (tertiary/aromatic N) is 3. The van der Waals surface area contributed by atoms with Crippen molar-refractivity contribution < 1.29 is 34.1 Å². The predicted molar refractivity (Wildman–Crippen MR) is 205 cm³/mol. The molecule has 0 radical (unpaired) electrons. The Morgan fingerprint density at radius 1 is 0.852 bits per heavy atom. The summed E-state index contributed by atoms with van der Waals surface area (Å²) in [5.74, 6) is 0.896. The first kappa shape index (κ1) is 36.7. The molecule has 0 bridgehead atoms. The Bertz CT molecular complexity index is 2010.